The van der Waals surface area contributed by atoms with Crippen LogP contribution < -0.4 is 5.32 Å². The zero-order valence-electron chi connectivity index (χ0n) is 17.8. The van der Waals surface area contributed by atoms with Gasteiger partial charge >= 0.3 is 0 Å². The van der Waals surface area contributed by atoms with E-state index in [-0.39, 0.29) is 17.2 Å². The van der Waals surface area contributed by atoms with E-state index < -0.39 is 0 Å². The Kier molecular flexibility index (Phi) is 6.73. The Morgan fingerprint density at radius 2 is 1.83 bits per heavy atom. The van der Waals surface area contributed by atoms with Gasteiger partial charge in [0.15, 0.2) is 0 Å². The molecule has 1 aliphatic rings. The van der Waals surface area contributed by atoms with Crippen LogP contribution in [0.15, 0.2) is 29.6 Å². The quantitative estimate of drug-likeness (QED) is 0.801. The van der Waals surface area contributed by atoms with Crippen LogP contribution in [-0.2, 0) is 16.6 Å². The molecule has 2 heterocycles. The van der Waals surface area contributed by atoms with Crippen LogP contribution in [0.5, 0.6) is 0 Å². The van der Waals surface area contributed by atoms with Crippen molar-refractivity contribution in [2.75, 3.05) is 19.6 Å². The minimum atomic E-state index is -0.00876. The molecule has 29 heavy (non-hydrogen) atoms. The zero-order valence-corrected chi connectivity index (χ0v) is 18.6. The van der Waals surface area contributed by atoms with E-state index in [9.17, 15) is 9.59 Å². The van der Waals surface area contributed by atoms with E-state index in [1.807, 2.05) is 17.0 Å². The second-order valence-electron chi connectivity index (χ2n) is 8.80. The number of carbonyl (C=O) groups is 2. The molecule has 0 spiro atoms. The molecule has 156 valence electrons. The lowest BCUT2D eigenvalue weighted by Gasteiger charge is -2.31. The van der Waals surface area contributed by atoms with Gasteiger partial charge in [-0.1, -0.05) is 32.9 Å². The van der Waals surface area contributed by atoms with Gasteiger partial charge in [-0.05, 0) is 36.0 Å². The largest absolute Gasteiger partial charge is 0.356 e. The second kappa shape index (κ2) is 9.08. The summed E-state index contributed by atoms with van der Waals surface area (Å²) < 4.78 is 0. The Bertz CT molecular complexity index is 844. The molecule has 2 amide bonds. The number of aromatic nitrogens is 1. The van der Waals surface area contributed by atoms with Gasteiger partial charge < -0.3 is 10.2 Å². The third kappa shape index (κ3) is 5.66. The van der Waals surface area contributed by atoms with Gasteiger partial charge in [-0.15, -0.1) is 11.3 Å². The first-order valence-corrected chi connectivity index (χ1v) is 11.2. The molecule has 0 aliphatic carbocycles. The van der Waals surface area contributed by atoms with Crippen molar-refractivity contribution in [2.45, 2.75) is 58.3 Å². The number of benzene rings is 1. The minimum Gasteiger partial charge on any atom is -0.356 e. The lowest BCUT2D eigenvalue weighted by molar-refractivity contribution is -0.118. The molecule has 6 heteroatoms. The summed E-state index contributed by atoms with van der Waals surface area (Å²) in [5.41, 5.74) is 3.14. The molecule has 1 N–H and O–H groups in total. The predicted molar refractivity (Wildman–Crippen MR) is 118 cm³/mol. The lowest BCUT2D eigenvalue weighted by atomic mass is 9.86. The van der Waals surface area contributed by atoms with Crippen molar-refractivity contribution in [1.82, 2.24) is 15.2 Å². The Morgan fingerprint density at radius 3 is 2.41 bits per heavy atom. The number of nitrogens with one attached hydrogen (secondary N) is 1. The molecule has 0 radical (unpaired) electrons. The molecular formula is C23H31N3O2S. The molecule has 5 nitrogen and oxygen atoms in total. The zero-order chi connectivity index (χ0) is 21.0. The highest BCUT2D eigenvalue weighted by molar-refractivity contribution is 7.09. The van der Waals surface area contributed by atoms with E-state index in [0.29, 0.717) is 12.5 Å². The number of hydrogen-bond donors (Lipinski definition) is 1. The highest BCUT2D eigenvalue weighted by Gasteiger charge is 2.26. The third-order valence-corrected chi connectivity index (χ3v) is 6.51. The second-order valence-corrected chi connectivity index (χ2v) is 9.69. The number of carbonyl (C=O) groups excluding carboxylic acids is 2. The van der Waals surface area contributed by atoms with Crippen LogP contribution in [0.25, 0.3) is 0 Å². The SMILES string of the molecule is CC(=O)NCCc1csc(C2CCN(C(=O)c3ccc(C(C)(C)C)cc3)CC2)n1. The van der Waals surface area contributed by atoms with Gasteiger partial charge in [-0.2, -0.15) is 0 Å². The van der Waals surface area contributed by atoms with Crippen LogP contribution in [-0.4, -0.2) is 41.3 Å². The number of hydrogen-bond acceptors (Lipinski definition) is 4. The molecule has 0 atom stereocenters. The summed E-state index contributed by atoms with van der Waals surface area (Å²) >= 11 is 1.70. The highest BCUT2D eigenvalue weighted by Crippen LogP contribution is 2.31. The van der Waals surface area contributed by atoms with Crippen molar-refractivity contribution in [3.05, 3.63) is 51.5 Å². The molecule has 1 aromatic carbocycles. The normalized spacial score (nSPS) is 15.4. The molecule has 0 saturated carbocycles. The average molecular weight is 414 g/mol. The van der Waals surface area contributed by atoms with Crippen LogP contribution in [0.3, 0.4) is 0 Å². The molecule has 3 rings (SSSR count). The summed E-state index contributed by atoms with van der Waals surface area (Å²) in [7, 11) is 0. The van der Waals surface area contributed by atoms with Crippen LogP contribution in [0.4, 0.5) is 0 Å². The molecular weight excluding hydrogens is 382 g/mol. The summed E-state index contributed by atoms with van der Waals surface area (Å²) in [5.74, 6) is 0.534. The maximum Gasteiger partial charge on any atom is 0.253 e. The van der Waals surface area contributed by atoms with Crippen LogP contribution in [0.1, 0.15) is 73.1 Å². The van der Waals surface area contributed by atoms with Crippen molar-refractivity contribution in [3.63, 3.8) is 0 Å². The maximum atomic E-state index is 12.9. The number of thiazole rings is 1. The first kappa shape index (κ1) is 21.5. The van der Waals surface area contributed by atoms with Crippen molar-refractivity contribution in [1.29, 1.82) is 0 Å². The summed E-state index contributed by atoms with van der Waals surface area (Å²) in [4.78, 5) is 30.6. The monoisotopic (exact) mass is 413 g/mol. The summed E-state index contributed by atoms with van der Waals surface area (Å²) in [6.07, 6.45) is 2.66. The first-order valence-electron chi connectivity index (χ1n) is 10.3. The topological polar surface area (TPSA) is 62.3 Å². The predicted octanol–water partition coefficient (Wildman–Crippen LogP) is 4.14. The molecule has 1 aliphatic heterocycles. The molecule has 1 saturated heterocycles. The smallest absolute Gasteiger partial charge is 0.253 e. The minimum absolute atomic E-state index is 0.00876. The van der Waals surface area contributed by atoms with Crippen molar-refractivity contribution < 1.29 is 9.59 Å². The Labute approximate surface area is 177 Å². The van der Waals surface area contributed by atoms with Gasteiger partial charge in [0.1, 0.15) is 0 Å². The number of nitrogens with zero attached hydrogens (tertiary/aromatic N) is 2. The van der Waals surface area contributed by atoms with Gasteiger partial charge in [0.05, 0.1) is 10.7 Å². The highest BCUT2D eigenvalue weighted by atomic mass is 32.1. The molecule has 2 aromatic rings. The Hall–Kier alpha value is -2.21. The van der Waals surface area contributed by atoms with Gasteiger partial charge in [-0.3, -0.25) is 9.59 Å². The van der Waals surface area contributed by atoms with E-state index >= 15 is 0 Å². The average Bonchev–Trinajstić information content (AvgIpc) is 3.15. The van der Waals surface area contributed by atoms with Gasteiger partial charge in [0.2, 0.25) is 5.91 Å². The van der Waals surface area contributed by atoms with Crippen molar-refractivity contribution in [3.8, 4) is 0 Å². The van der Waals surface area contributed by atoms with E-state index in [2.05, 4.69) is 43.6 Å². The number of rotatable bonds is 5. The van der Waals surface area contributed by atoms with Gasteiger partial charge in [0, 0.05) is 49.8 Å². The molecule has 0 bridgehead atoms. The first-order chi connectivity index (χ1) is 13.7. The Balaban J connectivity index is 1.53. The number of likely N-dealkylation sites (tertiary alicyclic amines) is 1. The van der Waals surface area contributed by atoms with Crippen molar-refractivity contribution in [2.24, 2.45) is 0 Å². The van der Waals surface area contributed by atoms with E-state index in [1.54, 1.807) is 11.3 Å². The lowest BCUT2D eigenvalue weighted by Crippen LogP contribution is -2.37. The fourth-order valence-corrected chi connectivity index (χ4v) is 4.64. The van der Waals surface area contributed by atoms with E-state index in [0.717, 1.165) is 48.6 Å². The fourth-order valence-electron chi connectivity index (χ4n) is 3.62. The van der Waals surface area contributed by atoms with E-state index in [1.165, 1.54) is 12.5 Å². The standard InChI is InChI=1S/C23H31N3O2S/c1-16(27)24-12-9-20-15-29-21(25-20)17-10-13-26(14-11-17)22(28)18-5-7-19(8-6-18)23(2,3)4/h5-8,15,17H,9-14H2,1-4H3,(H,24,27). The van der Waals surface area contributed by atoms with Crippen LogP contribution >= 0.6 is 11.3 Å². The molecule has 1 aromatic heterocycles. The maximum absolute atomic E-state index is 12.9. The van der Waals surface area contributed by atoms with Crippen molar-refractivity contribution >= 4 is 23.2 Å². The van der Waals surface area contributed by atoms with E-state index in [4.69, 9.17) is 4.98 Å². The fraction of sp³-hybridized carbons (Fsp3) is 0.522. The number of piperidine rings is 1. The van der Waals surface area contributed by atoms with Crippen LogP contribution in [0.2, 0.25) is 0 Å². The van der Waals surface area contributed by atoms with Crippen LogP contribution in [0, 0.1) is 0 Å². The summed E-state index contributed by atoms with van der Waals surface area (Å²) in [6.45, 7) is 10.2. The molecule has 0 unspecified atom stereocenters. The summed E-state index contributed by atoms with van der Waals surface area (Å²) in [5, 5.41) is 6.06. The molecule has 1 fully saturated rings. The number of amides is 2. The van der Waals surface area contributed by atoms with Gasteiger partial charge in [0.25, 0.3) is 5.91 Å². The Morgan fingerprint density at radius 1 is 1.17 bits per heavy atom. The van der Waals surface area contributed by atoms with Gasteiger partial charge in [-0.25, -0.2) is 4.98 Å². The summed E-state index contributed by atoms with van der Waals surface area (Å²) in [6, 6.07) is 8.05. The third-order valence-electron chi connectivity index (χ3n) is 5.45.